The zero-order chi connectivity index (χ0) is 13.8. The molecule has 1 unspecified atom stereocenters. The Labute approximate surface area is 117 Å². The summed E-state index contributed by atoms with van der Waals surface area (Å²) in [6.07, 6.45) is 0. The number of carbonyl (C=O) groups excluding carboxylic acids is 1. The molecule has 2 aromatic carbocycles. The molecule has 0 saturated heterocycles. The highest BCUT2D eigenvalue weighted by Crippen LogP contribution is 2.17. The molecule has 2 rings (SSSR count). The monoisotopic (exact) mass is 274 g/mol. The molecule has 0 aliphatic carbocycles. The van der Waals surface area contributed by atoms with Crippen LogP contribution in [0.2, 0.25) is 5.02 Å². The smallest absolute Gasteiger partial charge is 0.245 e. The Morgan fingerprint density at radius 2 is 1.68 bits per heavy atom. The van der Waals surface area contributed by atoms with Crippen LogP contribution in [0.25, 0.3) is 0 Å². The fourth-order valence-electron chi connectivity index (χ4n) is 1.68. The molecule has 4 heteroatoms. The lowest BCUT2D eigenvalue weighted by Gasteiger charge is -2.13. The highest BCUT2D eigenvalue weighted by Gasteiger charge is 2.15. The number of amides is 1. The zero-order valence-corrected chi connectivity index (χ0v) is 11.3. The van der Waals surface area contributed by atoms with Crippen molar-refractivity contribution in [3.8, 4) is 0 Å². The number of benzene rings is 2. The molecule has 3 N–H and O–H groups in total. The number of anilines is 1. The van der Waals surface area contributed by atoms with Gasteiger partial charge in [0.25, 0.3) is 0 Å². The first-order valence-electron chi connectivity index (χ1n) is 5.95. The lowest BCUT2D eigenvalue weighted by molar-refractivity contribution is -0.117. The standard InChI is InChI=1S/C15H15ClN2O/c1-10-2-4-11(5-3-10)14(17)15(19)18-13-8-6-12(16)7-9-13/h2-9,14H,17H2,1H3,(H,18,19). The van der Waals surface area contributed by atoms with Crippen LogP contribution in [0, 0.1) is 6.92 Å². The molecule has 2 aromatic rings. The summed E-state index contributed by atoms with van der Waals surface area (Å²) in [7, 11) is 0. The third-order valence-corrected chi connectivity index (χ3v) is 3.08. The molecule has 0 saturated carbocycles. The van der Waals surface area contributed by atoms with Crippen molar-refractivity contribution in [1.29, 1.82) is 0 Å². The Kier molecular flexibility index (Phi) is 4.20. The molecular weight excluding hydrogens is 260 g/mol. The van der Waals surface area contributed by atoms with E-state index in [1.807, 2.05) is 31.2 Å². The highest BCUT2D eigenvalue weighted by atomic mass is 35.5. The molecule has 3 nitrogen and oxygen atoms in total. The van der Waals surface area contributed by atoms with Crippen molar-refractivity contribution in [1.82, 2.24) is 0 Å². The van der Waals surface area contributed by atoms with Crippen LogP contribution in [-0.4, -0.2) is 5.91 Å². The number of carbonyl (C=O) groups is 1. The molecule has 0 spiro atoms. The molecule has 0 radical (unpaired) electrons. The Bertz CT molecular complexity index is 564. The molecule has 0 aliphatic rings. The number of halogens is 1. The van der Waals surface area contributed by atoms with Crippen LogP contribution in [0.15, 0.2) is 48.5 Å². The van der Waals surface area contributed by atoms with Crippen molar-refractivity contribution in [3.05, 3.63) is 64.7 Å². The van der Waals surface area contributed by atoms with Crippen LogP contribution in [-0.2, 0) is 4.79 Å². The van der Waals surface area contributed by atoms with Gasteiger partial charge < -0.3 is 11.1 Å². The van der Waals surface area contributed by atoms with Crippen LogP contribution < -0.4 is 11.1 Å². The lowest BCUT2D eigenvalue weighted by Crippen LogP contribution is -2.27. The second-order valence-electron chi connectivity index (χ2n) is 4.38. The van der Waals surface area contributed by atoms with Crippen LogP contribution in [0.5, 0.6) is 0 Å². The summed E-state index contributed by atoms with van der Waals surface area (Å²) >= 11 is 5.78. The van der Waals surface area contributed by atoms with Crippen molar-refractivity contribution >= 4 is 23.2 Å². The van der Waals surface area contributed by atoms with Gasteiger partial charge in [0.15, 0.2) is 0 Å². The van der Waals surface area contributed by atoms with E-state index in [2.05, 4.69) is 5.32 Å². The van der Waals surface area contributed by atoms with Crippen LogP contribution in [0.1, 0.15) is 17.2 Å². The number of hydrogen-bond donors (Lipinski definition) is 2. The molecule has 1 atom stereocenters. The van der Waals surface area contributed by atoms with E-state index in [9.17, 15) is 4.79 Å². The summed E-state index contributed by atoms with van der Waals surface area (Å²) in [5.41, 5.74) is 8.53. The predicted molar refractivity (Wildman–Crippen MR) is 78.2 cm³/mol. The Balaban J connectivity index is 2.07. The minimum absolute atomic E-state index is 0.244. The number of aryl methyl sites for hydroxylation is 1. The van der Waals surface area contributed by atoms with Crippen LogP contribution in [0.4, 0.5) is 5.69 Å². The fourth-order valence-corrected chi connectivity index (χ4v) is 1.80. The van der Waals surface area contributed by atoms with Gasteiger partial charge in [-0.3, -0.25) is 4.79 Å². The van der Waals surface area contributed by atoms with Gasteiger partial charge in [-0.1, -0.05) is 41.4 Å². The average molecular weight is 275 g/mol. The van der Waals surface area contributed by atoms with E-state index in [0.29, 0.717) is 10.7 Å². The summed E-state index contributed by atoms with van der Waals surface area (Å²) < 4.78 is 0. The maximum Gasteiger partial charge on any atom is 0.245 e. The van der Waals surface area contributed by atoms with E-state index >= 15 is 0 Å². The van der Waals surface area contributed by atoms with Gasteiger partial charge in [0.2, 0.25) is 5.91 Å². The molecular formula is C15H15ClN2O. The Morgan fingerprint density at radius 1 is 1.11 bits per heavy atom. The SMILES string of the molecule is Cc1ccc(C(N)C(=O)Nc2ccc(Cl)cc2)cc1. The first-order chi connectivity index (χ1) is 9.06. The second kappa shape index (κ2) is 5.87. The largest absolute Gasteiger partial charge is 0.324 e. The minimum Gasteiger partial charge on any atom is -0.324 e. The fraction of sp³-hybridized carbons (Fsp3) is 0.133. The predicted octanol–water partition coefficient (Wildman–Crippen LogP) is 3.29. The van der Waals surface area contributed by atoms with Gasteiger partial charge in [0.1, 0.15) is 6.04 Å². The first kappa shape index (κ1) is 13.6. The van der Waals surface area contributed by atoms with Crippen LogP contribution in [0.3, 0.4) is 0 Å². The topological polar surface area (TPSA) is 55.1 Å². The van der Waals surface area contributed by atoms with Gasteiger partial charge >= 0.3 is 0 Å². The Morgan fingerprint density at radius 3 is 2.26 bits per heavy atom. The van der Waals surface area contributed by atoms with Crippen molar-refractivity contribution in [2.24, 2.45) is 5.73 Å². The summed E-state index contributed by atoms with van der Waals surface area (Å²) in [5.74, 6) is -0.244. The highest BCUT2D eigenvalue weighted by molar-refractivity contribution is 6.30. The van der Waals surface area contributed by atoms with E-state index in [1.54, 1.807) is 24.3 Å². The van der Waals surface area contributed by atoms with Gasteiger partial charge in [-0.2, -0.15) is 0 Å². The van der Waals surface area contributed by atoms with E-state index in [-0.39, 0.29) is 5.91 Å². The lowest BCUT2D eigenvalue weighted by atomic mass is 10.1. The average Bonchev–Trinajstić information content (AvgIpc) is 2.41. The van der Waals surface area contributed by atoms with Gasteiger partial charge in [-0.25, -0.2) is 0 Å². The van der Waals surface area contributed by atoms with Crippen molar-refractivity contribution < 1.29 is 4.79 Å². The van der Waals surface area contributed by atoms with Gasteiger partial charge in [0.05, 0.1) is 0 Å². The molecule has 0 bridgehead atoms. The van der Waals surface area contributed by atoms with Gasteiger partial charge in [0, 0.05) is 10.7 Å². The minimum atomic E-state index is -0.684. The van der Waals surface area contributed by atoms with Crippen molar-refractivity contribution in [3.63, 3.8) is 0 Å². The molecule has 0 fully saturated rings. The van der Waals surface area contributed by atoms with Crippen molar-refractivity contribution in [2.75, 3.05) is 5.32 Å². The third-order valence-electron chi connectivity index (χ3n) is 2.83. The summed E-state index contributed by atoms with van der Waals surface area (Å²) in [4.78, 5) is 12.0. The zero-order valence-electron chi connectivity index (χ0n) is 10.6. The number of nitrogens with one attached hydrogen (secondary N) is 1. The molecule has 0 heterocycles. The van der Waals surface area contributed by atoms with E-state index in [1.165, 1.54) is 0 Å². The number of rotatable bonds is 3. The maximum absolute atomic E-state index is 12.0. The molecule has 1 amide bonds. The van der Waals surface area contributed by atoms with Gasteiger partial charge in [-0.05, 0) is 36.8 Å². The summed E-state index contributed by atoms with van der Waals surface area (Å²) in [5, 5.41) is 3.39. The summed E-state index contributed by atoms with van der Waals surface area (Å²) in [6.45, 7) is 1.99. The Hall–Kier alpha value is -1.84. The molecule has 0 aromatic heterocycles. The van der Waals surface area contributed by atoms with Crippen LogP contribution >= 0.6 is 11.6 Å². The number of nitrogens with two attached hydrogens (primary N) is 1. The molecule has 98 valence electrons. The van der Waals surface area contributed by atoms with Crippen molar-refractivity contribution in [2.45, 2.75) is 13.0 Å². The maximum atomic E-state index is 12.0. The summed E-state index contributed by atoms with van der Waals surface area (Å²) in [6, 6.07) is 13.8. The van der Waals surface area contributed by atoms with Gasteiger partial charge in [-0.15, -0.1) is 0 Å². The van der Waals surface area contributed by atoms with E-state index < -0.39 is 6.04 Å². The first-order valence-corrected chi connectivity index (χ1v) is 6.32. The van der Waals surface area contributed by atoms with E-state index in [4.69, 9.17) is 17.3 Å². The molecule has 0 aliphatic heterocycles. The van der Waals surface area contributed by atoms with E-state index in [0.717, 1.165) is 11.1 Å². The normalized spacial score (nSPS) is 11.9. The number of hydrogen-bond acceptors (Lipinski definition) is 2. The molecule has 19 heavy (non-hydrogen) atoms. The quantitative estimate of drug-likeness (QED) is 0.902. The third kappa shape index (κ3) is 3.56. The second-order valence-corrected chi connectivity index (χ2v) is 4.82.